The highest BCUT2D eigenvalue weighted by Gasteiger charge is 2.14. The molecule has 0 aliphatic heterocycles. The van der Waals surface area contributed by atoms with Crippen LogP contribution in [0, 0.1) is 24.0 Å². The van der Waals surface area contributed by atoms with Crippen LogP contribution < -0.4 is 5.32 Å². The van der Waals surface area contributed by atoms with E-state index in [4.69, 9.17) is 0 Å². The van der Waals surface area contributed by atoms with Crippen LogP contribution in [0.2, 0.25) is 0 Å². The Morgan fingerprint density at radius 1 is 1.42 bits per heavy atom. The molecule has 0 saturated heterocycles. The molecule has 2 aromatic rings. The van der Waals surface area contributed by atoms with Crippen molar-refractivity contribution in [1.82, 2.24) is 15.2 Å². The van der Waals surface area contributed by atoms with E-state index in [1.165, 1.54) is 18.2 Å². The number of hydrogen-bond donors (Lipinski definition) is 2. The van der Waals surface area contributed by atoms with E-state index in [1.807, 2.05) is 0 Å². The van der Waals surface area contributed by atoms with Crippen molar-refractivity contribution < 1.29 is 9.72 Å². The summed E-state index contributed by atoms with van der Waals surface area (Å²) in [7, 11) is 0. The molecule has 0 radical (unpaired) electrons. The zero-order valence-corrected chi connectivity index (χ0v) is 10.3. The lowest BCUT2D eigenvalue weighted by Crippen LogP contribution is -2.14. The van der Waals surface area contributed by atoms with Gasteiger partial charge in [-0.25, -0.2) is 4.98 Å². The number of amides is 1. The highest BCUT2D eigenvalue weighted by atomic mass is 16.6. The van der Waals surface area contributed by atoms with Crippen LogP contribution in [0.1, 0.15) is 22.0 Å². The van der Waals surface area contributed by atoms with E-state index in [0.717, 1.165) is 0 Å². The Balaban J connectivity index is 2.18. The van der Waals surface area contributed by atoms with Gasteiger partial charge in [-0.2, -0.15) is 0 Å². The third kappa shape index (κ3) is 2.73. The van der Waals surface area contributed by atoms with Crippen molar-refractivity contribution in [2.24, 2.45) is 0 Å². The summed E-state index contributed by atoms with van der Waals surface area (Å²) in [5.41, 5.74) is 0.927. The minimum Gasteiger partial charge on any atom is -0.319 e. The van der Waals surface area contributed by atoms with Crippen molar-refractivity contribution in [1.29, 1.82) is 0 Å². The van der Waals surface area contributed by atoms with Crippen LogP contribution in [0.5, 0.6) is 0 Å². The molecule has 0 aliphatic carbocycles. The number of aryl methyl sites for hydroxylation is 2. The van der Waals surface area contributed by atoms with Crippen molar-refractivity contribution in [2.75, 3.05) is 5.32 Å². The van der Waals surface area contributed by atoms with Crippen molar-refractivity contribution in [3.63, 3.8) is 0 Å². The fraction of sp³-hybridized carbons (Fsp3) is 0.182. The van der Waals surface area contributed by atoms with Crippen LogP contribution in [0.3, 0.4) is 0 Å². The molecule has 0 bridgehead atoms. The summed E-state index contributed by atoms with van der Waals surface area (Å²) in [4.78, 5) is 25.9. The average molecular weight is 261 g/mol. The number of carbonyl (C=O) groups is 1. The van der Waals surface area contributed by atoms with Gasteiger partial charge in [-0.1, -0.05) is 0 Å². The number of hydrogen-bond acceptors (Lipinski definition) is 5. The first-order chi connectivity index (χ1) is 8.97. The topological polar surface area (TPSA) is 114 Å². The Labute approximate surface area is 108 Å². The Morgan fingerprint density at radius 2 is 2.16 bits per heavy atom. The summed E-state index contributed by atoms with van der Waals surface area (Å²) in [5.74, 6) is 0.0798. The molecule has 2 rings (SSSR count). The number of nitro groups is 1. The minimum atomic E-state index is -0.474. The predicted octanol–water partition coefficient (Wildman–Crippen LogP) is 1.58. The van der Waals surface area contributed by atoms with Crippen LogP contribution in [0.4, 0.5) is 11.4 Å². The first-order valence-electron chi connectivity index (χ1n) is 5.43. The molecule has 1 amide bonds. The first kappa shape index (κ1) is 12.7. The number of carbonyl (C=O) groups excluding carboxylic acids is 1. The lowest BCUT2D eigenvalue weighted by molar-refractivity contribution is -0.385. The SMILES string of the molecule is Cc1nc(C(=O)Nc2ccc([N+](=O)[O-])c(C)c2)n[nH]1. The molecular formula is C11H11N5O3. The fourth-order valence-corrected chi connectivity index (χ4v) is 1.57. The molecule has 1 heterocycles. The van der Waals surface area contributed by atoms with Crippen molar-refractivity contribution >= 4 is 17.3 Å². The lowest BCUT2D eigenvalue weighted by atomic mass is 10.2. The van der Waals surface area contributed by atoms with Gasteiger partial charge in [0.2, 0.25) is 5.82 Å². The van der Waals surface area contributed by atoms with Gasteiger partial charge in [0.15, 0.2) is 0 Å². The van der Waals surface area contributed by atoms with E-state index in [1.54, 1.807) is 13.8 Å². The van der Waals surface area contributed by atoms with Gasteiger partial charge < -0.3 is 5.32 Å². The number of anilines is 1. The van der Waals surface area contributed by atoms with E-state index >= 15 is 0 Å². The van der Waals surface area contributed by atoms with Crippen LogP contribution in [0.25, 0.3) is 0 Å². The van der Waals surface area contributed by atoms with E-state index in [2.05, 4.69) is 20.5 Å². The molecule has 98 valence electrons. The quantitative estimate of drug-likeness (QED) is 0.643. The first-order valence-corrected chi connectivity index (χ1v) is 5.43. The summed E-state index contributed by atoms with van der Waals surface area (Å²) in [6.45, 7) is 3.28. The number of nitro benzene ring substituents is 1. The minimum absolute atomic E-state index is 0.00624. The third-order valence-corrected chi connectivity index (χ3v) is 2.45. The monoisotopic (exact) mass is 261 g/mol. The molecule has 1 aromatic carbocycles. The van der Waals surface area contributed by atoms with Gasteiger partial charge in [0, 0.05) is 17.3 Å². The lowest BCUT2D eigenvalue weighted by Gasteiger charge is -2.04. The number of benzene rings is 1. The highest BCUT2D eigenvalue weighted by Crippen LogP contribution is 2.21. The van der Waals surface area contributed by atoms with Crippen LogP contribution in [0.15, 0.2) is 18.2 Å². The second kappa shape index (κ2) is 4.84. The van der Waals surface area contributed by atoms with Crippen molar-refractivity contribution in [3.05, 3.63) is 45.5 Å². The number of nitrogens with one attached hydrogen (secondary N) is 2. The molecule has 2 N–H and O–H groups in total. The molecular weight excluding hydrogens is 250 g/mol. The smallest absolute Gasteiger partial charge is 0.295 e. The van der Waals surface area contributed by atoms with Gasteiger partial charge in [-0.15, -0.1) is 5.10 Å². The Hall–Kier alpha value is -2.77. The number of H-pyrrole nitrogens is 1. The zero-order valence-electron chi connectivity index (χ0n) is 10.3. The van der Waals surface area contributed by atoms with Gasteiger partial charge in [-0.05, 0) is 26.0 Å². The van der Waals surface area contributed by atoms with Gasteiger partial charge in [-0.3, -0.25) is 20.0 Å². The maximum absolute atomic E-state index is 11.8. The van der Waals surface area contributed by atoms with Crippen molar-refractivity contribution in [3.8, 4) is 0 Å². The number of aromatic amines is 1. The largest absolute Gasteiger partial charge is 0.319 e. The summed E-state index contributed by atoms with van der Waals surface area (Å²) >= 11 is 0. The molecule has 0 saturated carbocycles. The zero-order chi connectivity index (χ0) is 14.0. The molecule has 0 atom stereocenters. The highest BCUT2D eigenvalue weighted by molar-refractivity contribution is 6.01. The van der Waals surface area contributed by atoms with Gasteiger partial charge in [0.1, 0.15) is 5.82 Å². The van der Waals surface area contributed by atoms with Crippen molar-refractivity contribution in [2.45, 2.75) is 13.8 Å². The summed E-state index contributed by atoms with van der Waals surface area (Å²) < 4.78 is 0. The second-order valence-electron chi connectivity index (χ2n) is 3.96. The fourth-order valence-electron chi connectivity index (χ4n) is 1.57. The van der Waals surface area contributed by atoms with E-state index in [9.17, 15) is 14.9 Å². The van der Waals surface area contributed by atoms with E-state index in [0.29, 0.717) is 17.1 Å². The van der Waals surface area contributed by atoms with Gasteiger partial charge in [0.05, 0.1) is 4.92 Å². The Kier molecular flexibility index (Phi) is 3.23. The van der Waals surface area contributed by atoms with Crippen LogP contribution in [-0.4, -0.2) is 26.0 Å². The summed E-state index contributed by atoms with van der Waals surface area (Å²) in [5, 5.41) is 19.5. The third-order valence-electron chi connectivity index (χ3n) is 2.45. The second-order valence-corrected chi connectivity index (χ2v) is 3.96. The molecule has 0 fully saturated rings. The predicted molar refractivity (Wildman–Crippen MR) is 66.9 cm³/mol. The molecule has 8 heteroatoms. The van der Waals surface area contributed by atoms with Crippen LogP contribution >= 0.6 is 0 Å². The number of aromatic nitrogens is 3. The standard InChI is InChI=1S/C11H11N5O3/c1-6-5-8(3-4-9(6)16(18)19)13-11(17)10-12-7(2)14-15-10/h3-5H,1-2H3,(H,13,17)(H,12,14,15). The van der Waals surface area contributed by atoms with Crippen LogP contribution in [-0.2, 0) is 0 Å². The molecule has 1 aromatic heterocycles. The van der Waals surface area contributed by atoms with Gasteiger partial charge >= 0.3 is 0 Å². The summed E-state index contributed by atoms with van der Waals surface area (Å²) in [6.07, 6.45) is 0. The average Bonchev–Trinajstić information content (AvgIpc) is 2.75. The van der Waals surface area contributed by atoms with E-state index < -0.39 is 10.8 Å². The molecule has 8 nitrogen and oxygen atoms in total. The molecule has 0 unspecified atom stereocenters. The number of rotatable bonds is 3. The Bertz CT molecular complexity index is 650. The molecule has 0 spiro atoms. The normalized spacial score (nSPS) is 10.2. The molecule has 0 aliphatic rings. The maximum atomic E-state index is 11.8. The number of nitrogens with zero attached hydrogens (tertiary/aromatic N) is 3. The van der Waals surface area contributed by atoms with E-state index in [-0.39, 0.29) is 11.5 Å². The summed E-state index contributed by atoms with van der Waals surface area (Å²) in [6, 6.07) is 4.33. The Morgan fingerprint density at radius 3 is 2.68 bits per heavy atom. The maximum Gasteiger partial charge on any atom is 0.295 e. The molecule has 19 heavy (non-hydrogen) atoms. The van der Waals surface area contributed by atoms with Gasteiger partial charge in [0.25, 0.3) is 11.6 Å².